The molecule has 40 valence electrons. The summed E-state index contributed by atoms with van der Waals surface area (Å²) in [6.07, 6.45) is 0.359. The van der Waals surface area contributed by atoms with Crippen LogP contribution in [-0.2, 0) is 15.8 Å². The van der Waals surface area contributed by atoms with E-state index in [2.05, 4.69) is 6.58 Å². The zero-order valence-corrected chi connectivity index (χ0v) is 4.40. The van der Waals surface area contributed by atoms with Gasteiger partial charge in [0.1, 0.15) is 11.0 Å². The van der Waals surface area contributed by atoms with Gasteiger partial charge in [-0.05, 0) is 0 Å². The molecule has 0 aliphatic carbocycles. The number of carbonyl (C=O) groups excluding carboxylic acids is 1. The number of carbonyl (C=O) groups is 1. The predicted molar refractivity (Wildman–Crippen MR) is 27.5 cm³/mol. The third-order valence-electron chi connectivity index (χ3n) is 0.316. The van der Waals surface area contributed by atoms with Crippen LogP contribution < -0.4 is 4.72 Å². The Labute approximate surface area is 44.0 Å². The standard InChI is InChI=1S/C3H5NO2S/c1-2-7(6)4-3-5/h2-3H,1H2,(H,4,5). The second kappa shape index (κ2) is 3.55. The molecule has 7 heavy (non-hydrogen) atoms. The van der Waals surface area contributed by atoms with Crippen molar-refractivity contribution in [2.24, 2.45) is 0 Å². The first-order valence-corrected chi connectivity index (χ1v) is 2.75. The summed E-state index contributed by atoms with van der Waals surface area (Å²) in [5.74, 6) is 0. The average molecular weight is 119 g/mol. The molecule has 0 aromatic rings. The summed E-state index contributed by atoms with van der Waals surface area (Å²) in [4.78, 5) is 9.42. The number of hydrogen-bond acceptors (Lipinski definition) is 2. The summed E-state index contributed by atoms with van der Waals surface area (Å²) >= 11 is 0. The Morgan fingerprint density at radius 1 is 1.71 bits per heavy atom. The molecule has 0 heterocycles. The first-order valence-electron chi connectivity index (χ1n) is 1.54. The van der Waals surface area contributed by atoms with Crippen LogP contribution in [0.4, 0.5) is 0 Å². The van der Waals surface area contributed by atoms with E-state index in [4.69, 9.17) is 0 Å². The molecule has 1 atom stereocenters. The van der Waals surface area contributed by atoms with Gasteiger partial charge >= 0.3 is 0 Å². The van der Waals surface area contributed by atoms with Crippen LogP contribution in [0.25, 0.3) is 0 Å². The van der Waals surface area contributed by atoms with Crippen LogP contribution in [0.2, 0.25) is 0 Å². The number of hydrogen-bond donors (Lipinski definition) is 1. The van der Waals surface area contributed by atoms with E-state index in [1.165, 1.54) is 0 Å². The number of rotatable bonds is 3. The predicted octanol–water partition coefficient (Wildman–Crippen LogP) is -0.460. The van der Waals surface area contributed by atoms with Gasteiger partial charge in [0.25, 0.3) is 0 Å². The molecule has 0 bridgehead atoms. The molecule has 1 amide bonds. The van der Waals surface area contributed by atoms with Crippen molar-refractivity contribution < 1.29 is 9.00 Å². The minimum absolute atomic E-state index is 0.359. The van der Waals surface area contributed by atoms with Crippen molar-refractivity contribution in [2.45, 2.75) is 0 Å². The third kappa shape index (κ3) is 3.18. The fraction of sp³-hybridized carbons (Fsp3) is 0. The van der Waals surface area contributed by atoms with Gasteiger partial charge in [0, 0.05) is 5.41 Å². The molecular weight excluding hydrogens is 114 g/mol. The van der Waals surface area contributed by atoms with Crippen molar-refractivity contribution in [3.05, 3.63) is 12.0 Å². The topological polar surface area (TPSA) is 46.2 Å². The van der Waals surface area contributed by atoms with Gasteiger partial charge < -0.3 is 0 Å². The molecule has 0 saturated carbocycles. The van der Waals surface area contributed by atoms with Crippen LogP contribution >= 0.6 is 0 Å². The van der Waals surface area contributed by atoms with Crippen molar-refractivity contribution >= 4 is 17.4 Å². The Morgan fingerprint density at radius 2 is 2.29 bits per heavy atom. The normalized spacial score (nSPS) is 12.0. The van der Waals surface area contributed by atoms with E-state index in [1.54, 1.807) is 0 Å². The maximum absolute atomic E-state index is 10.1. The smallest absolute Gasteiger partial charge is 0.219 e. The van der Waals surface area contributed by atoms with Crippen LogP contribution in [0.5, 0.6) is 0 Å². The summed E-state index contributed by atoms with van der Waals surface area (Å²) in [5.41, 5.74) is 0. The van der Waals surface area contributed by atoms with Crippen molar-refractivity contribution in [1.29, 1.82) is 0 Å². The van der Waals surface area contributed by atoms with Crippen LogP contribution in [0, 0.1) is 0 Å². The summed E-state index contributed by atoms with van der Waals surface area (Å²) in [5, 5.41) is 1.13. The van der Waals surface area contributed by atoms with E-state index < -0.39 is 11.0 Å². The Balaban J connectivity index is 3.36. The van der Waals surface area contributed by atoms with Gasteiger partial charge in [-0.1, -0.05) is 6.58 Å². The molecule has 0 aliphatic rings. The molecule has 0 saturated heterocycles. The monoisotopic (exact) mass is 119 g/mol. The van der Waals surface area contributed by atoms with E-state index >= 15 is 0 Å². The quantitative estimate of drug-likeness (QED) is 0.511. The van der Waals surface area contributed by atoms with Crippen LogP contribution in [-0.4, -0.2) is 10.6 Å². The lowest BCUT2D eigenvalue weighted by atomic mass is 11.3. The zero-order valence-electron chi connectivity index (χ0n) is 3.59. The van der Waals surface area contributed by atoms with E-state index in [0.29, 0.717) is 6.41 Å². The largest absolute Gasteiger partial charge is 0.278 e. The second-order valence-electron chi connectivity index (χ2n) is 0.700. The average Bonchev–Trinajstić information content (AvgIpc) is 1.68. The van der Waals surface area contributed by atoms with Crippen molar-refractivity contribution in [3.8, 4) is 0 Å². The second-order valence-corrected chi connectivity index (χ2v) is 1.86. The summed E-state index contributed by atoms with van der Waals surface area (Å²) in [7, 11) is -1.38. The lowest BCUT2D eigenvalue weighted by molar-refractivity contribution is -0.108. The fourth-order valence-corrected chi connectivity index (χ4v) is 0.287. The van der Waals surface area contributed by atoms with Crippen molar-refractivity contribution in [1.82, 2.24) is 4.72 Å². The molecule has 0 aliphatic heterocycles. The molecule has 1 N–H and O–H groups in total. The molecule has 4 heteroatoms. The van der Waals surface area contributed by atoms with Gasteiger partial charge in [0.15, 0.2) is 0 Å². The summed E-state index contributed by atoms with van der Waals surface area (Å²) in [6.45, 7) is 3.16. The van der Waals surface area contributed by atoms with Gasteiger partial charge in [0.05, 0.1) is 0 Å². The van der Waals surface area contributed by atoms with Crippen molar-refractivity contribution in [2.75, 3.05) is 0 Å². The van der Waals surface area contributed by atoms with Crippen LogP contribution in [0.3, 0.4) is 0 Å². The highest BCUT2D eigenvalue weighted by molar-refractivity contribution is 7.86. The highest BCUT2D eigenvalue weighted by Gasteiger charge is 1.80. The van der Waals surface area contributed by atoms with Crippen LogP contribution in [0.15, 0.2) is 12.0 Å². The number of nitrogens with one attached hydrogen (secondary N) is 1. The molecule has 1 unspecified atom stereocenters. The van der Waals surface area contributed by atoms with E-state index in [0.717, 1.165) is 5.41 Å². The zero-order chi connectivity index (χ0) is 5.70. The van der Waals surface area contributed by atoms with E-state index in [9.17, 15) is 9.00 Å². The molecule has 0 spiro atoms. The van der Waals surface area contributed by atoms with Gasteiger partial charge in [-0.3, -0.25) is 9.52 Å². The highest BCUT2D eigenvalue weighted by Crippen LogP contribution is 1.67. The Hall–Kier alpha value is -0.640. The number of amides is 1. The first-order chi connectivity index (χ1) is 3.31. The lowest BCUT2D eigenvalue weighted by Crippen LogP contribution is -2.10. The van der Waals surface area contributed by atoms with E-state index in [-0.39, 0.29) is 0 Å². The Morgan fingerprint density at radius 3 is 2.43 bits per heavy atom. The first kappa shape index (κ1) is 6.36. The molecule has 0 fully saturated rings. The lowest BCUT2D eigenvalue weighted by Gasteiger charge is -1.83. The van der Waals surface area contributed by atoms with Gasteiger partial charge in [-0.25, -0.2) is 4.21 Å². The van der Waals surface area contributed by atoms with Crippen molar-refractivity contribution in [3.63, 3.8) is 0 Å². The maximum Gasteiger partial charge on any atom is 0.219 e. The maximum atomic E-state index is 10.1. The SMILES string of the molecule is C=CS(=O)NC=O. The molecule has 0 rings (SSSR count). The molecule has 0 aromatic heterocycles. The van der Waals surface area contributed by atoms with Crippen LogP contribution in [0.1, 0.15) is 0 Å². The molecule has 0 aromatic carbocycles. The minimum atomic E-state index is -1.38. The minimum Gasteiger partial charge on any atom is -0.278 e. The van der Waals surface area contributed by atoms with Gasteiger partial charge in [0.2, 0.25) is 6.41 Å². The van der Waals surface area contributed by atoms with Gasteiger partial charge in [-0.15, -0.1) is 0 Å². The molecular formula is C3H5NO2S. The molecule has 3 nitrogen and oxygen atoms in total. The Bertz CT molecular complexity index is 101. The Kier molecular flexibility index (Phi) is 3.22. The highest BCUT2D eigenvalue weighted by atomic mass is 32.2. The fourth-order valence-electron chi connectivity index (χ4n) is 0.0955. The summed E-state index contributed by atoms with van der Waals surface area (Å²) < 4.78 is 12.0. The third-order valence-corrected chi connectivity index (χ3v) is 0.947. The van der Waals surface area contributed by atoms with Gasteiger partial charge in [-0.2, -0.15) is 0 Å². The van der Waals surface area contributed by atoms with E-state index in [1.807, 2.05) is 4.72 Å². The summed E-state index contributed by atoms with van der Waals surface area (Å²) in [6, 6.07) is 0. The molecule has 0 radical (unpaired) electrons.